The lowest BCUT2D eigenvalue weighted by atomic mass is 10.00. The van der Waals surface area contributed by atoms with E-state index in [9.17, 15) is 0 Å². The zero-order valence-electron chi connectivity index (χ0n) is 16.8. The fraction of sp³-hybridized carbons (Fsp3) is 0.154. The molecule has 0 saturated heterocycles. The Morgan fingerprint density at radius 2 is 1.87 bits per heavy atom. The topological polar surface area (TPSA) is 57.5 Å². The Labute approximate surface area is 175 Å². The van der Waals surface area contributed by atoms with Crippen molar-refractivity contribution in [3.8, 4) is 11.1 Å². The second-order valence-corrected chi connectivity index (χ2v) is 7.84. The summed E-state index contributed by atoms with van der Waals surface area (Å²) in [5, 5.41) is 17.0. The molecule has 0 saturated carbocycles. The predicted molar refractivity (Wildman–Crippen MR) is 122 cm³/mol. The first kappa shape index (κ1) is 18.4. The number of hydrogen-bond acceptors (Lipinski definition) is 4. The lowest BCUT2D eigenvalue weighted by molar-refractivity contribution is 0.322. The highest BCUT2D eigenvalue weighted by atomic mass is 16.4. The van der Waals surface area contributed by atoms with Gasteiger partial charge in [0.25, 0.3) is 0 Å². The summed E-state index contributed by atoms with van der Waals surface area (Å²) in [6.07, 6.45) is 3.60. The third-order valence-electron chi connectivity index (χ3n) is 5.90. The summed E-state index contributed by atoms with van der Waals surface area (Å²) in [6, 6.07) is 25.4. The van der Waals surface area contributed by atoms with Gasteiger partial charge in [-0.05, 0) is 48.6 Å². The van der Waals surface area contributed by atoms with Crippen LogP contribution in [-0.2, 0) is 6.42 Å². The largest absolute Gasteiger partial charge is 0.411 e. The third kappa shape index (κ3) is 3.30. The van der Waals surface area contributed by atoms with Gasteiger partial charge in [0.2, 0.25) is 0 Å². The molecule has 1 aromatic heterocycles. The van der Waals surface area contributed by atoms with Crippen LogP contribution in [0.25, 0.3) is 22.0 Å². The maximum absolute atomic E-state index is 9.07. The van der Waals surface area contributed by atoms with E-state index >= 15 is 0 Å². The molecule has 0 spiro atoms. The molecule has 4 nitrogen and oxygen atoms in total. The number of benzene rings is 3. The van der Waals surface area contributed by atoms with Crippen LogP contribution < -0.4 is 5.32 Å². The minimum atomic E-state index is 0.248. The summed E-state index contributed by atoms with van der Waals surface area (Å²) in [4.78, 5) is 5.00. The molecule has 30 heavy (non-hydrogen) atoms. The molecular weight excluding hydrogens is 370 g/mol. The maximum atomic E-state index is 9.07. The zero-order valence-corrected chi connectivity index (χ0v) is 16.8. The standard InChI is InChI=1S/C26H23N3O/c1-17-9-11-19(12-10-17)23-15-22-20(16-27-30)6-4-8-24(22)28-26(23)29-25-14-13-18-5-2-3-7-21(18)25/h2-12,15-16,25,30H,13-14H2,1H3,(H,28,29)/b27-16-/t25-/m1/s1. The van der Waals surface area contributed by atoms with E-state index in [0.29, 0.717) is 0 Å². The Morgan fingerprint density at radius 1 is 1.03 bits per heavy atom. The van der Waals surface area contributed by atoms with Crippen molar-refractivity contribution in [3.63, 3.8) is 0 Å². The van der Waals surface area contributed by atoms with Crippen molar-refractivity contribution in [2.75, 3.05) is 5.32 Å². The molecule has 2 N–H and O–H groups in total. The Kier molecular flexibility index (Phi) is 4.68. The molecule has 1 heterocycles. The number of fused-ring (bicyclic) bond motifs is 2. The van der Waals surface area contributed by atoms with E-state index in [2.05, 4.69) is 72.0 Å². The summed E-state index contributed by atoms with van der Waals surface area (Å²) in [6.45, 7) is 2.09. The van der Waals surface area contributed by atoms with Crippen molar-refractivity contribution in [2.45, 2.75) is 25.8 Å². The molecule has 1 atom stereocenters. The van der Waals surface area contributed by atoms with Gasteiger partial charge in [-0.2, -0.15) is 0 Å². The number of rotatable bonds is 4. The smallest absolute Gasteiger partial charge is 0.135 e. The van der Waals surface area contributed by atoms with Gasteiger partial charge in [0.05, 0.1) is 17.8 Å². The van der Waals surface area contributed by atoms with Crippen LogP contribution in [0.3, 0.4) is 0 Å². The molecule has 5 rings (SSSR count). The van der Waals surface area contributed by atoms with Crippen LogP contribution in [0, 0.1) is 6.92 Å². The second-order valence-electron chi connectivity index (χ2n) is 7.84. The fourth-order valence-corrected chi connectivity index (χ4v) is 4.33. The summed E-state index contributed by atoms with van der Waals surface area (Å²) in [5.74, 6) is 0.881. The SMILES string of the molecule is Cc1ccc(-c2cc3c(/C=N\O)cccc3nc2N[C@@H]2CCc3ccccc32)cc1. The zero-order chi connectivity index (χ0) is 20.5. The van der Waals surface area contributed by atoms with Crippen molar-refractivity contribution in [3.05, 3.63) is 95.1 Å². The van der Waals surface area contributed by atoms with Crippen LogP contribution in [0.4, 0.5) is 5.82 Å². The van der Waals surface area contributed by atoms with Gasteiger partial charge in [0.1, 0.15) is 5.82 Å². The normalized spacial score (nSPS) is 15.6. The van der Waals surface area contributed by atoms with E-state index in [1.807, 2.05) is 18.2 Å². The maximum Gasteiger partial charge on any atom is 0.135 e. The van der Waals surface area contributed by atoms with Crippen molar-refractivity contribution in [1.82, 2.24) is 4.98 Å². The Bertz CT molecular complexity index is 1250. The molecule has 1 aliphatic rings. The molecule has 1 aliphatic carbocycles. The summed E-state index contributed by atoms with van der Waals surface area (Å²) in [7, 11) is 0. The number of pyridine rings is 1. The molecule has 4 aromatic rings. The van der Waals surface area contributed by atoms with Gasteiger partial charge < -0.3 is 10.5 Å². The lowest BCUT2D eigenvalue weighted by Gasteiger charge is -2.19. The van der Waals surface area contributed by atoms with E-state index < -0.39 is 0 Å². The van der Waals surface area contributed by atoms with Crippen molar-refractivity contribution in [2.24, 2.45) is 5.16 Å². The van der Waals surface area contributed by atoms with Crippen LogP contribution in [0.15, 0.2) is 78.0 Å². The minimum Gasteiger partial charge on any atom is -0.411 e. The van der Waals surface area contributed by atoms with E-state index in [1.54, 1.807) is 0 Å². The molecule has 3 aromatic carbocycles. The van der Waals surface area contributed by atoms with Gasteiger partial charge in [-0.15, -0.1) is 0 Å². The first-order valence-electron chi connectivity index (χ1n) is 10.3. The fourth-order valence-electron chi connectivity index (χ4n) is 4.33. The molecule has 148 valence electrons. The summed E-state index contributed by atoms with van der Waals surface area (Å²) < 4.78 is 0. The number of anilines is 1. The highest BCUT2D eigenvalue weighted by molar-refractivity contribution is 6.01. The highest BCUT2D eigenvalue weighted by Crippen LogP contribution is 2.37. The average molecular weight is 393 g/mol. The van der Waals surface area contributed by atoms with E-state index in [4.69, 9.17) is 10.2 Å². The van der Waals surface area contributed by atoms with E-state index in [0.717, 1.165) is 46.3 Å². The van der Waals surface area contributed by atoms with E-state index in [1.165, 1.54) is 22.9 Å². The Balaban J connectivity index is 1.66. The average Bonchev–Trinajstić information content (AvgIpc) is 3.17. The number of oxime groups is 1. The second kappa shape index (κ2) is 7.64. The Hall–Kier alpha value is -3.66. The quantitative estimate of drug-likeness (QED) is 0.250. The van der Waals surface area contributed by atoms with Crippen molar-refractivity contribution in [1.29, 1.82) is 0 Å². The molecule has 0 aliphatic heterocycles. The van der Waals surface area contributed by atoms with Crippen LogP contribution in [0.2, 0.25) is 0 Å². The monoisotopic (exact) mass is 393 g/mol. The molecular formula is C26H23N3O. The summed E-state index contributed by atoms with van der Waals surface area (Å²) in [5.41, 5.74) is 7.86. The number of nitrogens with one attached hydrogen (secondary N) is 1. The molecule has 0 amide bonds. The predicted octanol–water partition coefficient (Wildman–Crippen LogP) is 6.12. The van der Waals surface area contributed by atoms with Gasteiger partial charge >= 0.3 is 0 Å². The van der Waals surface area contributed by atoms with Crippen LogP contribution in [0.5, 0.6) is 0 Å². The first-order chi connectivity index (χ1) is 14.7. The molecule has 0 radical (unpaired) electrons. The minimum absolute atomic E-state index is 0.248. The van der Waals surface area contributed by atoms with Gasteiger partial charge in [-0.3, -0.25) is 0 Å². The van der Waals surface area contributed by atoms with Crippen LogP contribution in [-0.4, -0.2) is 16.4 Å². The number of aromatic nitrogens is 1. The number of hydrogen-bond donors (Lipinski definition) is 2. The molecule has 0 fully saturated rings. The molecule has 0 unspecified atom stereocenters. The van der Waals surface area contributed by atoms with Crippen LogP contribution >= 0.6 is 0 Å². The van der Waals surface area contributed by atoms with Gasteiger partial charge in [-0.25, -0.2) is 4.98 Å². The van der Waals surface area contributed by atoms with E-state index in [-0.39, 0.29) is 6.04 Å². The van der Waals surface area contributed by atoms with Crippen molar-refractivity contribution < 1.29 is 5.21 Å². The van der Waals surface area contributed by atoms with Gasteiger partial charge in [0, 0.05) is 16.5 Å². The van der Waals surface area contributed by atoms with Crippen molar-refractivity contribution >= 4 is 22.9 Å². The number of aryl methyl sites for hydroxylation is 2. The van der Waals surface area contributed by atoms with Gasteiger partial charge in [0.15, 0.2) is 0 Å². The van der Waals surface area contributed by atoms with Gasteiger partial charge in [-0.1, -0.05) is 71.4 Å². The number of nitrogens with zero attached hydrogens (tertiary/aromatic N) is 2. The highest BCUT2D eigenvalue weighted by Gasteiger charge is 2.23. The third-order valence-corrected chi connectivity index (χ3v) is 5.90. The molecule has 0 bridgehead atoms. The Morgan fingerprint density at radius 3 is 2.70 bits per heavy atom. The van der Waals surface area contributed by atoms with Crippen LogP contribution in [0.1, 0.15) is 34.7 Å². The summed E-state index contributed by atoms with van der Waals surface area (Å²) >= 11 is 0. The first-order valence-corrected chi connectivity index (χ1v) is 10.3. The lowest BCUT2D eigenvalue weighted by Crippen LogP contribution is -2.10. The molecule has 4 heteroatoms.